The van der Waals surface area contributed by atoms with Crippen LogP contribution in [-0.4, -0.2) is 44.0 Å². The van der Waals surface area contributed by atoms with E-state index in [1.54, 1.807) is 18.2 Å². The van der Waals surface area contributed by atoms with Gasteiger partial charge in [0.2, 0.25) is 0 Å². The Labute approximate surface area is 192 Å². The predicted octanol–water partition coefficient (Wildman–Crippen LogP) is 4.47. The first kappa shape index (κ1) is 22.3. The zero-order chi connectivity index (χ0) is 21.8. The molecule has 1 heterocycles. The molecule has 1 saturated heterocycles. The summed E-state index contributed by atoms with van der Waals surface area (Å²) in [5.41, 5.74) is 2.39. The van der Waals surface area contributed by atoms with Gasteiger partial charge in [-0.3, -0.25) is 9.69 Å². The molecule has 0 bridgehead atoms. The van der Waals surface area contributed by atoms with Crippen LogP contribution in [0.5, 0.6) is 5.75 Å². The number of esters is 1. The van der Waals surface area contributed by atoms with Crippen molar-refractivity contribution in [2.24, 2.45) is 0 Å². The highest BCUT2D eigenvalue weighted by Crippen LogP contribution is 2.38. The van der Waals surface area contributed by atoms with Crippen LogP contribution < -0.4 is 14.5 Å². The normalized spacial score (nSPS) is 14.9. The highest BCUT2D eigenvalue weighted by atomic mass is 79.9. The van der Waals surface area contributed by atoms with Crippen LogP contribution in [0.25, 0.3) is 6.08 Å². The molecule has 0 radical (unpaired) electrons. The summed E-state index contributed by atoms with van der Waals surface area (Å²) in [6, 6.07) is 12.9. The SMILES string of the molecule is COC(=O)COc1ccc(Br)cc1/C=C1/SC(=S)N(c2ccc(N(C)C)cc2)C1=O. The molecule has 0 aliphatic carbocycles. The van der Waals surface area contributed by atoms with Crippen molar-refractivity contribution in [3.8, 4) is 5.75 Å². The molecule has 0 saturated carbocycles. The van der Waals surface area contributed by atoms with E-state index in [1.165, 1.54) is 23.8 Å². The molecule has 1 aliphatic heterocycles. The Morgan fingerprint density at radius 1 is 1.23 bits per heavy atom. The fraction of sp³-hybridized carbons (Fsp3) is 0.190. The van der Waals surface area contributed by atoms with E-state index in [4.69, 9.17) is 17.0 Å². The van der Waals surface area contributed by atoms with Gasteiger partial charge < -0.3 is 14.4 Å². The summed E-state index contributed by atoms with van der Waals surface area (Å²) in [4.78, 5) is 28.4. The van der Waals surface area contributed by atoms with Crippen LogP contribution in [0.3, 0.4) is 0 Å². The zero-order valence-corrected chi connectivity index (χ0v) is 19.8. The quantitative estimate of drug-likeness (QED) is 0.325. The number of anilines is 2. The van der Waals surface area contributed by atoms with E-state index in [-0.39, 0.29) is 12.5 Å². The molecular formula is C21H19BrN2O4S2. The van der Waals surface area contributed by atoms with Gasteiger partial charge in [0.25, 0.3) is 5.91 Å². The lowest BCUT2D eigenvalue weighted by Crippen LogP contribution is -2.27. The zero-order valence-electron chi connectivity index (χ0n) is 16.5. The minimum atomic E-state index is -0.489. The summed E-state index contributed by atoms with van der Waals surface area (Å²) in [6.07, 6.45) is 1.71. The number of thioether (sulfide) groups is 1. The molecule has 9 heteroatoms. The maximum absolute atomic E-state index is 13.1. The van der Waals surface area contributed by atoms with Crippen molar-refractivity contribution < 1.29 is 19.1 Å². The Balaban J connectivity index is 1.88. The van der Waals surface area contributed by atoms with E-state index >= 15 is 0 Å². The van der Waals surface area contributed by atoms with E-state index in [9.17, 15) is 9.59 Å². The van der Waals surface area contributed by atoms with Gasteiger partial charge in [-0.05, 0) is 48.5 Å². The van der Waals surface area contributed by atoms with E-state index < -0.39 is 5.97 Å². The monoisotopic (exact) mass is 506 g/mol. The van der Waals surface area contributed by atoms with Crippen molar-refractivity contribution in [3.05, 3.63) is 57.4 Å². The van der Waals surface area contributed by atoms with Gasteiger partial charge in [0.1, 0.15) is 5.75 Å². The third-order valence-corrected chi connectivity index (χ3v) is 6.05. The third-order valence-electron chi connectivity index (χ3n) is 4.25. The largest absolute Gasteiger partial charge is 0.481 e. The number of amides is 1. The number of hydrogen-bond donors (Lipinski definition) is 0. The van der Waals surface area contributed by atoms with Gasteiger partial charge in [-0.25, -0.2) is 4.79 Å². The molecule has 0 unspecified atom stereocenters. The number of methoxy groups -OCH3 is 1. The van der Waals surface area contributed by atoms with Gasteiger partial charge in [-0.15, -0.1) is 0 Å². The molecule has 30 heavy (non-hydrogen) atoms. The Morgan fingerprint density at radius 2 is 1.93 bits per heavy atom. The second-order valence-electron chi connectivity index (χ2n) is 6.47. The average molecular weight is 507 g/mol. The van der Waals surface area contributed by atoms with Crippen LogP contribution >= 0.6 is 39.9 Å². The summed E-state index contributed by atoms with van der Waals surface area (Å²) in [7, 11) is 5.20. The molecule has 156 valence electrons. The van der Waals surface area contributed by atoms with Crippen LogP contribution in [0.2, 0.25) is 0 Å². The number of nitrogens with zero attached hydrogens (tertiary/aromatic N) is 2. The van der Waals surface area contributed by atoms with Gasteiger partial charge >= 0.3 is 5.97 Å². The Morgan fingerprint density at radius 3 is 2.57 bits per heavy atom. The molecule has 0 atom stereocenters. The number of hydrogen-bond acceptors (Lipinski definition) is 7. The molecule has 2 aromatic carbocycles. The fourth-order valence-electron chi connectivity index (χ4n) is 2.69. The summed E-state index contributed by atoms with van der Waals surface area (Å²) < 4.78 is 11.4. The first-order valence-corrected chi connectivity index (χ1v) is 10.9. The minimum absolute atomic E-state index is 0.207. The highest BCUT2D eigenvalue weighted by Gasteiger charge is 2.33. The number of benzene rings is 2. The molecule has 0 spiro atoms. The molecular weight excluding hydrogens is 488 g/mol. The first-order valence-electron chi connectivity index (χ1n) is 8.84. The highest BCUT2D eigenvalue weighted by molar-refractivity contribution is 9.10. The van der Waals surface area contributed by atoms with Crippen molar-refractivity contribution in [3.63, 3.8) is 0 Å². The lowest BCUT2D eigenvalue weighted by atomic mass is 10.2. The number of halogens is 1. The van der Waals surface area contributed by atoms with Crippen molar-refractivity contribution in [2.45, 2.75) is 0 Å². The van der Waals surface area contributed by atoms with Crippen LogP contribution in [0.15, 0.2) is 51.8 Å². The lowest BCUT2D eigenvalue weighted by Gasteiger charge is -2.17. The van der Waals surface area contributed by atoms with Gasteiger partial charge in [0.05, 0.1) is 17.7 Å². The Kier molecular flexibility index (Phi) is 7.17. The molecule has 1 aliphatic rings. The molecule has 0 N–H and O–H groups in total. The van der Waals surface area contributed by atoms with Crippen molar-refractivity contribution in [1.82, 2.24) is 0 Å². The van der Waals surface area contributed by atoms with Crippen molar-refractivity contribution >= 4 is 73.6 Å². The lowest BCUT2D eigenvalue weighted by molar-refractivity contribution is -0.142. The standard InChI is InChI=1S/C21H19BrN2O4S2/c1-23(2)15-5-7-16(8-6-15)24-20(26)18(30-21(24)29)11-13-10-14(22)4-9-17(13)28-12-19(25)27-3/h4-11H,12H2,1-3H3/b18-11+. The molecule has 0 aromatic heterocycles. The maximum Gasteiger partial charge on any atom is 0.343 e. The molecule has 1 fully saturated rings. The third kappa shape index (κ3) is 5.03. The Bertz CT molecular complexity index is 1020. The second-order valence-corrected chi connectivity index (χ2v) is 9.07. The van der Waals surface area contributed by atoms with E-state index in [1.807, 2.05) is 49.3 Å². The summed E-state index contributed by atoms with van der Waals surface area (Å²) >= 11 is 10.1. The predicted molar refractivity (Wildman–Crippen MR) is 128 cm³/mol. The van der Waals surface area contributed by atoms with E-state index in [2.05, 4.69) is 20.7 Å². The summed E-state index contributed by atoms with van der Waals surface area (Å²) in [5.74, 6) is -0.234. The van der Waals surface area contributed by atoms with Gasteiger partial charge in [0.15, 0.2) is 10.9 Å². The number of ether oxygens (including phenoxy) is 2. The average Bonchev–Trinajstić information content (AvgIpc) is 3.00. The van der Waals surface area contributed by atoms with Crippen molar-refractivity contribution in [2.75, 3.05) is 37.6 Å². The Hall–Kier alpha value is -2.36. The molecule has 1 amide bonds. The maximum atomic E-state index is 13.1. The topological polar surface area (TPSA) is 59.1 Å². The minimum Gasteiger partial charge on any atom is -0.481 e. The van der Waals surface area contributed by atoms with Crippen LogP contribution in [0.4, 0.5) is 11.4 Å². The van der Waals surface area contributed by atoms with Gasteiger partial charge in [0, 0.05) is 29.8 Å². The molecule has 2 aromatic rings. The number of rotatable bonds is 6. The summed E-state index contributed by atoms with van der Waals surface area (Å²) in [5, 5.41) is 0. The van der Waals surface area contributed by atoms with Gasteiger partial charge in [-0.2, -0.15) is 0 Å². The van der Waals surface area contributed by atoms with Crippen LogP contribution in [-0.2, 0) is 14.3 Å². The molecule has 3 rings (SSSR count). The smallest absolute Gasteiger partial charge is 0.343 e. The number of carbonyl (C=O) groups is 2. The van der Waals surface area contributed by atoms with Crippen LogP contribution in [0, 0.1) is 0 Å². The van der Waals surface area contributed by atoms with Crippen molar-refractivity contribution in [1.29, 1.82) is 0 Å². The molecule has 6 nitrogen and oxygen atoms in total. The second kappa shape index (κ2) is 9.63. The number of carbonyl (C=O) groups excluding carboxylic acids is 2. The summed E-state index contributed by atoms with van der Waals surface area (Å²) in [6.45, 7) is -0.224. The van der Waals surface area contributed by atoms with Crippen LogP contribution in [0.1, 0.15) is 5.56 Å². The number of thiocarbonyl (C=S) groups is 1. The van der Waals surface area contributed by atoms with E-state index in [0.29, 0.717) is 26.2 Å². The van der Waals surface area contributed by atoms with Gasteiger partial charge in [-0.1, -0.05) is 39.9 Å². The first-order chi connectivity index (χ1) is 14.3. The fourth-order valence-corrected chi connectivity index (χ4v) is 4.36. The van der Waals surface area contributed by atoms with E-state index in [0.717, 1.165) is 10.2 Å².